The summed E-state index contributed by atoms with van der Waals surface area (Å²) in [5, 5.41) is 2.44. The Hall–Kier alpha value is -8.42. The predicted octanol–water partition coefficient (Wildman–Crippen LogP) is 17.8. The van der Waals surface area contributed by atoms with Gasteiger partial charge in [-0.15, -0.1) is 0 Å². The maximum absolute atomic E-state index is 12.0. The molecule has 516 valence electrons. The summed E-state index contributed by atoms with van der Waals surface area (Å²) in [5.41, 5.74) is 8.87. The Kier molecular flexibility index (Phi) is 19.0. The number of ketones is 1. The first-order chi connectivity index (χ1) is 46.8. The lowest BCUT2D eigenvalue weighted by Crippen LogP contribution is -2.38. The topological polar surface area (TPSA) is 191 Å². The molecule has 0 bridgehead atoms. The summed E-state index contributed by atoms with van der Waals surface area (Å²) in [5.74, 6) is 1.59. The fourth-order valence-electron chi connectivity index (χ4n) is 13.3. The van der Waals surface area contributed by atoms with Gasteiger partial charge in [-0.3, -0.25) is 4.79 Å². The fourth-order valence-corrected chi connectivity index (χ4v) is 13.3. The normalized spacial score (nSPS) is 24.5. The molecule has 17 heteroatoms. The van der Waals surface area contributed by atoms with Crippen LogP contribution < -0.4 is 34.0 Å². The van der Waals surface area contributed by atoms with Crippen molar-refractivity contribution in [3.63, 3.8) is 0 Å². The van der Waals surface area contributed by atoms with Crippen molar-refractivity contribution in [2.75, 3.05) is 26.4 Å². The summed E-state index contributed by atoms with van der Waals surface area (Å²) in [6.45, 7) is 26.8. The first-order valence-electron chi connectivity index (χ1n) is 34.3. The lowest BCUT2D eigenvalue weighted by atomic mass is 9.94. The second-order valence-corrected chi connectivity index (χ2v) is 28.9. The molecular formula is C81H90O17. The zero-order valence-electron chi connectivity index (χ0n) is 58.3. The molecule has 98 heavy (non-hydrogen) atoms. The summed E-state index contributed by atoms with van der Waals surface area (Å²) in [7, 11) is 0. The number of hydrogen-bond acceptors (Lipinski definition) is 17. The SMILES string of the molecule is C/C(=C\COc1ccc2c(c1)O[C@@]1(C=C2)O[C@H](CC/C(C)=C/COc2c3ccoc3cc3oc(=O)ccc23)C(C)(C)O1)CCC1OC1(C)C.C/C(=C\COc1ccc2c(c1)O[C@]1(C=C2)O[C@H](CC/C(C)=C/COc2c3c(cc4occc24)CC(=O)C=C3)C(C)(C)O1)CCC1OC1(C)C. The van der Waals surface area contributed by atoms with Gasteiger partial charge in [0.05, 0.1) is 75.5 Å². The van der Waals surface area contributed by atoms with E-state index in [1.54, 1.807) is 30.7 Å². The van der Waals surface area contributed by atoms with Crippen LogP contribution in [0.4, 0.5) is 0 Å². The number of carbonyl (C=O) groups is 1. The molecule has 0 N–H and O–H groups in total. The van der Waals surface area contributed by atoms with Gasteiger partial charge in [-0.1, -0.05) is 22.3 Å². The van der Waals surface area contributed by atoms with Crippen molar-refractivity contribution in [1.82, 2.24) is 0 Å². The van der Waals surface area contributed by atoms with Gasteiger partial charge in [0.2, 0.25) is 0 Å². The van der Waals surface area contributed by atoms with Crippen molar-refractivity contribution >= 4 is 56.9 Å². The van der Waals surface area contributed by atoms with E-state index in [1.165, 1.54) is 22.8 Å². The van der Waals surface area contributed by atoms with Gasteiger partial charge in [0, 0.05) is 59.5 Å². The number of allylic oxidation sites excluding steroid dienone is 5. The van der Waals surface area contributed by atoms with E-state index in [2.05, 4.69) is 79.7 Å². The van der Waals surface area contributed by atoms with Gasteiger partial charge in [0.25, 0.3) is 0 Å². The van der Waals surface area contributed by atoms with E-state index in [0.29, 0.717) is 73.5 Å². The van der Waals surface area contributed by atoms with Gasteiger partial charge >= 0.3 is 17.6 Å². The van der Waals surface area contributed by atoms with Gasteiger partial charge in [-0.05, 0) is 237 Å². The predicted molar refractivity (Wildman–Crippen MR) is 376 cm³/mol. The highest BCUT2D eigenvalue weighted by Crippen LogP contribution is 2.48. The van der Waals surface area contributed by atoms with E-state index in [9.17, 15) is 9.59 Å². The highest BCUT2D eigenvalue weighted by molar-refractivity contribution is 6.02. The van der Waals surface area contributed by atoms with Gasteiger partial charge in [-0.2, -0.15) is 0 Å². The molecule has 14 rings (SSSR count). The van der Waals surface area contributed by atoms with Crippen LogP contribution >= 0.6 is 0 Å². The summed E-state index contributed by atoms with van der Waals surface area (Å²) in [6.07, 6.45) is 30.5. The molecule has 0 radical (unpaired) electrons. The van der Waals surface area contributed by atoms with Crippen LogP contribution in [0.3, 0.4) is 0 Å². The molecule has 4 aromatic carbocycles. The van der Waals surface area contributed by atoms with E-state index in [0.717, 1.165) is 118 Å². The third-order valence-corrected chi connectivity index (χ3v) is 19.5. The monoisotopic (exact) mass is 1330 g/mol. The standard InChI is InChI=1S/C41H46O8.C40H44O9/c1-26(7-13-36-39(3,4)47-36)16-20-43-31-11-9-28-15-19-41(46-34(28)25-31)48-37(40(5,6)49-41)14-8-27(2)17-21-45-38-32-12-10-30(42)23-29(32)24-35-33(38)18-22-44-35;1-25(7-12-34-38(3,4)47-34)16-20-42-28-10-9-27-15-19-40(46-31(27)23-28)48-35(39(5,6)49-40)13-8-26(2)17-21-44-37-29-11-14-36(41)45-33(29)24-32-30(37)18-22-43-32/h9-12,15-19,22,24-25,36-37H,7-8,13-14,20-21,23H2,1-6H3;9-11,14-19,22-24,34-35H,7-8,12-13,20-21H2,1-6H3/b26-16+,27-17+;25-16+,26-17+/t36?,37-,41-;34?,35-,40+/m11/s1. The maximum Gasteiger partial charge on any atom is 0.350 e. The van der Waals surface area contributed by atoms with Crippen molar-refractivity contribution in [3.05, 3.63) is 183 Å². The quantitative estimate of drug-likeness (QED) is 0.0315. The van der Waals surface area contributed by atoms with Crippen molar-refractivity contribution < 1.29 is 74.9 Å². The molecule has 0 amide bonds. The van der Waals surface area contributed by atoms with E-state index >= 15 is 0 Å². The molecule has 2 spiro atoms. The lowest BCUT2D eigenvalue weighted by molar-refractivity contribution is -0.271. The fraction of sp³-hybridized carbons (Fsp3) is 0.432. The van der Waals surface area contributed by atoms with Crippen LogP contribution in [0.1, 0.15) is 157 Å². The smallest absolute Gasteiger partial charge is 0.350 e. The van der Waals surface area contributed by atoms with Crippen molar-refractivity contribution in [1.29, 1.82) is 0 Å². The number of furan rings is 2. The third kappa shape index (κ3) is 15.5. The van der Waals surface area contributed by atoms with Crippen LogP contribution in [0.25, 0.3) is 51.1 Å². The zero-order chi connectivity index (χ0) is 68.8. The molecular weight excluding hydrogens is 1240 g/mol. The summed E-state index contributed by atoms with van der Waals surface area (Å²) >= 11 is 0. The van der Waals surface area contributed by atoms with Crippen LogP contribution in [-0.2, 0) is 39.6 Å². The van der Waals surface area contributed by atoms with E-state index in [4.69, 9.17) is 70.1 Å². The highest BCUT2D eigenvalue weighted by atomic mass is 16.9. The van der Waals surface area contributed by atoms with Crippen LogP contribution in [0.15, 0.2) is 168 Å². The highest BCUT2D eigenvalue weighted by Gasteiger charge is 2.55. The Labute approximate surface area is 572 Å². The Morgan fingerprint density at radius 3 is 1.37 bits per heavy atom. The third-order valence-electron chi connectivity index (χ3n) is 19.5. The molecule has 4 fully saturated rings. The average molecular weight is 1340 g/mol. The van der Waals surface area contributed by atoms with E-state index in [-0.39, 0.29) is 29.2 Å². The molecule has 7 aromatic rings. The van der Waals surface area contributed by atoms with Gasteiger partial charge in [-0.25, -0.2) is 4.79 Å². The van der Waals surface area contributed by atoms with Gasteiger partial charge < -0.3 is 70.1 Å². The first kappa shape index (κ1) is 68.1. The largest absolute Gasteiger partial charge is 0.489 e. The minimum Gasteiger partial charge on any atom is -0.489 e. The molecule has 6 atom stereocenters. The molecule has 4 saturated heterocycles. The number of fused-ring (bicyclic) bond motifs is 6. The number of hydrogen-bond donors (Lipinski definition) is 0. The van der Waals surface area contributed by atoms with Crippen LogP contribution in [-0.4, -0.2) is 91.0 Å². The molecule has 2 unspecified atom stereocenters. The lowest BCUT2D eigenvalue weighted by Gasteiger charge is -2.30. The van der Waals surface area contributed by atoms with Gasteiger partial charge in [0.1, 0.15) is 77.7 Å². The zero-order valence-corrected chi connectivity index (χ0v) is 58.3. The van der Waals surface area contributed by atoms with Crippen molar-refractivity contribution in [2.45, 2.75) is 200 Å². The minimum absolute atomic E-state index is 0.0251. The van der Waals surface area contributed by atoms with Crippen molar-refractivity contribution in [3.8, 4) is 34.5 Å². The number of epoxide rings is 2. The Morgan fingerprint density at radius 1 is 0.459 bits per heavy atom. The number of rotatable bonds is 24. The molecule has 6 aliphatic heterocycles. The minimum atomic E-state index is -1.31. The maximum atomic E-state index is 12.0. The number of carbonyl (C=O) groups excluding carboxylic acids is 1. The summed E-state index contributed by atoms with van der Waals surface area (Å²) < 4.78 is 91.3. The second-order valence-electron chi connectivity index (χ2n) is 28.9. The Morgan fingerprint density at radius 2 is 0.888 bits per heavy atom. The second kappa shape index (κ2) is 27.4. The molecule has 3 aromatic heterocycles. The van der Waals surface area contributed by atoms with E-state index < -0.39 is 28.8 Å². The Balaban J connectivity index is 0.000000176. The van der Waals surface area contributed by atoms with Crippen LogP contribution in [0.5, 0.6) is 34.5 Å². The molecule has 7 aliphatic rings. The summed E-state index contributed by atoms with van der Waals surface area (Å²) in [6, 6.07) is 22.2. The first-order valence-corrected chi connectivity index (χ1v) is 34.3. The van der Waals surface area contributed by atoms with Crippen LogP contribution in [0, 0.1) is 0 Å². The number of benzene rings is 4. The number of ether oxygens (including phenoxy) is 12. The van der Waals surface area contributed by atoms with E-state index in [1.807, 2.05) is 113 Å². The summed E-state index contributed by atoms with van der Waals surface area (Å²) in [4.78, 5) is 23.8. The van der Waals surface area contributed by atoms with Crippen LogP contribution in [0.2, 0.25) is 0 Å². The molecule has 9 heterocycles. The molecule has 1 aliphatic carbocycles. The molecule has 0 saturated carbocycles. The Bertz CT molecular complexity index is 4440. The van der Waals surface area contributed by atoms with Crippen molar-refractivity contribution in [2.24, 2.45) is 0 Å². The van der Waals surface area contributed by atoms with Gasteiger partial charge in [0.15, 0.2) is 5.78 Å². The molecule has 17 nitrogen and oxygen atoms in total. The average Bonchev–Trinajstić information content (AvgIpc) is 1.58.